The molecule has 0 saturated carbocycles. The molecule has 0 radical (unpaired) electrons. The third-order valence-electron chi connectivity index (χ3n) is 2.03. The van der Waals surface area contributed by atoms with Gasteiger partial charge in [-0.1, -0.05) is 32.8 Å². The molecule has 0 aromatic heterocycles. The zero-order valence-corrected chi connectivity index (χ0v) is 9.83. The summed E-state index contributed by atoms with van der Waals surface area (Å²) in [6.07, 6.45) is 5.89. The van der Waals surface area contributed by atoms with Crippen LogP contribution in [0.25, 0.3) is 0 Å². The summed E-state index contributed by atoms with van der Waals surface area (Å²) in [5.74, 6) is -0.392. The predicted octanol–water partition coefficient (Wildman–Crippen LogP) is 2.70. The van der Waals surface area contributed by atoms with Crippen molar-refractivity contribution in [3.05, 3.63) is 12.7 Å². The van der Waals surface area contributed by atoms with Crippen LogP contribution in [0.15, 0.2) is 12.7 Å². The van der Waals surface area contributed by atoms with Gasteiger partial charge in [-0.15, -0.1) is 0 Å². The zero-order chi connectivity index (χ0) is 11.5. The fourth-order valence-electron chi connectivity index (χ4n) is 1.12. The Morgan fingerprint density at radius 1 is 1.40 bits per heavy atom. The summed E-state index contributed by atoms with van der Waals surface area (Å²) >= 11 is 0. The first-order valence-electron chi connectivity index (χ1n) is 5.61. The van der Waals surface area contributed by atoms with E-state index >= 15 is 0 Å². The number of rotatable bonds is 9. The van der Waals surface area contributed by atoms with Gasteiger partial charge in [0.2, 0.25) is 0 Å². The van der Waals surface area contributed by atoms with E-state index < -0.39 is 5.97 Å². The van der Waals surface area contributed by atoms with Crippen molar-refractivity contribution in [1.82, 2.24) is 0 Å². The highest BCUT2D eigenvalue weighted by Crippen LogP contribution is 2.01. The smallest absolute Gasteiger partial charge is 0.330 e. The fourth-order valence-corrected chi connectivity index (χ4v) is 1.12. The second-order valence-electron chi connectivity index (χ2n) is 3.58. The minimum Gasteiger partial charge on any atom is -0.460 e. The van der Waals surface area contributed by atoms with Gasteiger partial charge in [-0.2, -0.15) is 0 Å². The van der Waals surface area contributed by atoms with Crippen LogP contribution < -0.4 is 0 Å². The first-order valence-corrected chi connectivity index (χ1v) is 5.61. The second kappa shape index (κ2) is 9.71. The van der Waals surface area contributed by atoms with Crippen LogP contribution in [0.3, 0.4) is 0 Å². The van der Waals surface area contributed by atoms with E-state index in [1.807, 2.05) is 6.92 Å². The minimum atomic E-state index is -0.392. The van der Waals surface area contributed by atoms with E-state index in [1.54, 1.807) is 0 Å². The van der Waals surface area contributed by atoms with Gasteiger partial charge in [0.15, 0.2) is 0 Å². The molecule has 0 aromatic carbocycles. The highest BCUT2D eigenvalue weighted by Gasteiger charge is 2.04. The lowest BCUT2D eigenvalue weighted by Crippen LogP contribution is -2.18. The molecule has 0 aliphatic carbocycles. The molecule has 0 aliphatic rings. The summed E-state index contributed by atoms with van der Waals surface area (Å²) in [7, 11) is 0. The highest BCUT2D eigenvalue weighted by molar-refractivity contribution is 5.81. The molecule has 0 heterocycles. The standard InChI is InChI=1S/C12H22O3/c1-4-6-7-8-9-14-11(3)10-15-12(13)5-2/h5,11H,2,4,6-10H2,1,3H3. The summed E-state index contributed by atoms with van der Waals surface area (Å²) in [4.78, 5) is 10.7. The molecule has 15 heavy (non-hydrogen) atoms. The van der Waals surface area contributed by atoms with Crippen molar-refractivity contribution in [3.8, 4) is 0 Å². The lowest BCUT2D eigenvalue weighted by atomic mass is 10.2. The SMILES string of the molecule is C=CC(=O)OCC(C)OCCCCCC. The molecule has 0 amide bonds. The lowest BCUT2D eigenvalue weighted by molar-refractivity contribution is -0.141. The van der Waals surface area contributed by atoms with Crippen LogP contribution in [0.2, 0.25) is 0 Å². The van der Waals surface area contributed by atoms with E-state index in [4.69, 9.17) is 9.47 Å². The average Bonchev–Trinajstić information content (AvgIpc) is 2.25. The molecule has 0 spiro atoms. The van der Waals surface area contributed by atoms with Gasteiger partial charge in [0.1, 0.15) is 6.61 Å². The van der Waals surface area contributed by atoms with Crippen molar-refractivity contribution in [2.75, 3.05) is 13.2 Å². The van der Waals surface area contributed by atoms with Gasteiger partial charge < -0.3 is 9.47 Å². The topological polar surface area (TPSA) is 35.5 Å². The highest BCUT2D eigenvalue weighted by atomic mass is 16.6. The van der Waals surface area contributed by atoms with E-state index in [0.29, 0.717) is 6.61 Å². The van der Waals surface area contributed by atoms with Crippen LogP contribution in [-0.2, 0) is 14.3 Å². The maximum Gasteiger partial charge on any atom is 0.330 e. The van der Waals surface area contributed by atoms with Gasteiger partial charge >= 0.3 is 5.97 Å². The number of hydrogen-bond acceptors (Lipinski definition) is 3. The minimum absolute atomic E-state index is 0.0319. The van der Waals surface area contributed by atoms with Crippen LogP contribution in [0.1, 0.15) is 39.5 Å². The molecule has 0 saturated heterocycles. The molecule has 3 heteroatoms. The Balaban J connectivity index is 3.29. The molecule has 3 nitrogen and oxygen atoms in total. The van der Waals surface area contributed by atoms with E-state index in [2.05, 4.69) is 13.5 Å². The molecular formula is C12H22O3. The van der Waals surface area contributed by atoms with Crippen LogP contribution in [0.4, 0.5) is 0 Å². The van der Waals surface area contributed by atoms with Gasteiger partial charge in [0.05, 0.1) is 6.10 Å². The largest absolute Gasteiger partial charge is 0.460 e. The van der Waals surface area contributed by atoms with Gasteiger partial charge in [0, 0.05) is 12.7 Å². The summed E-state index contributed by atoms with van der Waals surface area (Å²) in [6, 6.07) is 0. The fraction of sp³-hybridized carbons (Fsp3) is 0.750. The number of esters is 1. The van der Waals surface area contributed by atoms with E-state index in [-0.39, 0.29) is 6.10 Å². The van der Waals surface area contributed by atoms with Gasteiger partial charge in [-0.25, -0.2) is 4.79 Å². The number of carbonyl (C=O) groups excluding carboxylic acids is 1. The number of ether oxygens (including phenoxy) is 2. The molecule has 0 rings (SSSR count). The van der Waals surface area contributed by atoms with Crippen LogP contribution in [-0.4, -0.2) is 25.3 Å². The third-order valence-corrected chi connectivity index (χ3v) is 2.03. The average molecular weight is 214 g/mol. The van der Waals surface area contributed by atoms with Crippen molar-refractivity contribution >= 4 is 5.97 Å². The molecule has 88 valence electrons. The van der Waals surface area contributed by atoms with Gasteiger partial charge in [-0.3, -0.25) is 0 Å². The van der Waals surface area contributed by atoms with E-state index in [0.717, 1.165) is 19.1 Å². The summed E-state index contributed by atoms with van der Waals surface area (Å²) in [5, 5.41) is 0. The Morgan fingerprint density at radius 3 is 2.73 bits per heavy atom. The van der Waals surface area contributed by atoms with Crippen molar-refractivity contribution in [3.63, 3.8) is 0 Å². The number of carbonyl (C=O) groups is 1. The summed E-state index contributed by atoms with van der Waals surface area (Å²) < 4.78 is 10.3. The molecule has 1 unspecified atom stereocenters. The molecular weight excluding hydrogens is 192 g/mol. The molecule has 0 N–H and O–H groups in total. The maximum absolute atomic E-state index is 10.7. The zero-order valence-electron chi connectivity index (χ0n) is 9.83. The summed E-state index contributed by atoms with van der Waals surface area (Å²) in [5.41, 5.74) is 0. The van der Waals surface area contributed by atoms with Gasteiger partial charge in [-0.05, 0) is 13.3 Å². The van der Waals surface area contributed by atoms with Crippen molar-refractivity contribution in [2.45, 2.75) is 45.6 Å². The molecule has 0 fully saturated rings. The monoisotopic (exact) mass is 214 g/mol. The Hall–Kier alpha value is -0.830. The lowest BCUT2D eigenvalue weighted by Gasteiger charge is -2.12. The summed E-state index contributed by atoms with van der Waals surface area (Å²) in [6.45, 7) is 8.44. The van der Waals surface area contributed by atoms with Crippen LogP contribution in [0, 0.1) is 0 Å². The maximum atomic E-state index is 10.7. The first kappa shape index (κ1) is 14.2. The molecule has 0 aliphatic heterocycles. The quantitative estimate of drug-likeness (QED) is 0.336. The van der Waals surface area contributed by atoms with Gasteiger partial charge in [0.25, 0.3) is 0 Å². The molecule has 1 atom stereocenters. The van der Waals surface area contributed by atoms with Crippen molar-refractivity contribution < 1.29 is 14.3 Å². The number of unbranched alkanes of at least 4 members (excludes halogenated alkanes) is 3. The van der Waals surface area contributed by atoms with Crippen molar-refractivity contribution in [1.29, 1.82) is 0 Å². The Morgan fingerprint density at radius 2 is 2.13 bits per heavy atom. The van der Waals surface area contributed by atoms with Crippen molar-refractivity contribution in [2.24, 2.45) is 0 Å². The predicted molar refractivity (Wildman–Crippen MR) is 60.7 cm³/mol. The first-order chi connectivity index (χ1) is 7.20. The van der Waals surface area contributed by atoms with Crippen LogP contribution >= 0.6 is 0 Å². The second-order valence-corrected chi connectivity index (χ2v) is 3.58. The third kappa shape index (κ3) is 9.47. The van der Waals surface area contributed by atoms with E-state index in [1.165, 1.54) is 19.3 Å². The molecule has 0 aromatic rings. The Bertz CT molecular complexity index is 178. The van der Waals surface area contributed by atoms with Crippen LogP contribution in [0.5, 0.6) is 0 Å². The van der Waals surface area contributed by atoms with E-state index in [9.17, 15) is 4.79 Å². The Kier molecular flexibility index (Phi) is 9.18. The number of hydrogen-bond donors (Lipinski definition) is 0. The normalized spacial score (nSPS) is 12.1. The Labute approximate surface area is 92.5 Å². The molecule has 0 bridgehead atoms.